The molecule has 1 aliphatic rings. The van der Waals surface area contributed by atoms with Gasteiger partial charge in [0, 0.05) is 26.2 Å². The number of halogens is 2. The second kappa shape index (κ2) is 10.9. The summed E-state index contributed by atoms with van der Waals surface area (Å²) in [6.45, 7) is 5.10. The summed E-state index contributed by atoms with van der Waals surface area (Å²) in [5, 5.41) is 8.60. The van der Waals surface area contributed by atoms with Crippen LogP contribution in [0, 0.1) is 11.7 Å². The third-order valence-corrected chi connectivity index (χ3v) is 4.05. The largest absolute Gasteiger partial charge is 0.355 e. The first kappa shape index (κ1) is 21.2. The van der Waals surface area contributed by atoms with Crippen LogP contribution < -0.4 is 16.0 Å². The van der Waals surface area contributed by atoms with E-state index in [1.807, 2.05) is 6.92 Å². The third kappa shape index (κ3) is 6.51. The standard InChI is InChI=1S/C17H25FN4O2.ClH/c1-2-19-9-10-20-16(23)13-6-5-11-22(12-13)17(24)21-15-8-4-3-7-14(15)18;/h3-4,7-8,13,19H,2,5-6,9-12H2,1H3,(H,20,23)(H,21,24);1H. The molecule has 1 heterocycles. The van der Waals surface area contributed by atoms with Crippen LogP contribution in [-0.2, 0) is 4.79 Å². The maximum absolute atomic E-state index is 13.6. The van der Waals surface area contributed by atoms with Crippen molar-refractivity contribution in [2.75, 3.05) is 38.0 Å². The van der Waals surface area contributed by atoms with Gasteiger partial charge in [-0.25, -0.2) is 9.18 Å². The van der Waals surface area contributed by atoms with E-state index in [1.54, 1.807) is 17.0 Å². The number of amides is 3. The summed E-state index contributed by atoms with van der Waals surface area (Å²) in [7, 11) is 0. The van der Waals surface area contributed by atoms with E-state index in [1.165, 1.54) is 12.1 Å². The number of benzene rings is 1. The molecule has 0 spiro atoms. The molecule has 2 rings (SSSR count). The van der Waals surface area contributed by atoms with Crippen LogP contribution in [0.3, 0.4) is 0 Å². The van der Waals surface area contributed by atoms with E-state index in [2.05, 4.69) is 16.0 Å². The van der Waals surface area contributed by atoms with Gasteiger partial charge in [0.05, 0.1) is 11.6 Å². The molecule has 1 atom stereocenters. The molecular weight excluding hydrogens is 347 g/mol. The van der Waals surface area contributed by atoms with Crippen LogP contribution in [0.4, 0.5) is 14.9 Å². The van der Waals surface area contributed by atoms with Gasteiger partial charge in [0.1, 0.15) is 5.82 Å². The normalized spacial score (nSPS) is 16.7. The lowest BCUT2D eigenvalue weighted by Crippen LogP contribution is -2.47. The number of hydrogen-bond acceptors (Lipinski definition) is 3. The van der Waals surface area contributed by atoms with E-state index in [4.69, 9.17) is 0 Å². The molecule has 3 amide bonds. The fourth-order valence-electron chi connectivity index (χ4n) is 2.73. The Hall–Kier alpha value is -1.86. The Bertz CT molecular complexity index is 573. The van der Waals surface area contributed by atoms with E-state index >= 15 is 0 Å². The van der Waals surface area contributed by atoms with E-state index in [9.17, 15) is 14.0 Å². The Kier molecular flexibility index (Phi) is 9.23. The summed E-state index contributed by atoms with van der Waals surface area (Å²) in [6.07, 6.45) is 1.52. The zero-order chi connectivity index (χ0) is 17.4. The SMILES string of the molecule is CCNCCNC(=O)C1CCCN(C(=O)Nc2ccccc2F)C1.Cl. The minimum atomic E-state index is -0.472. The molecule has 3 N–H and O–H groups in total. The van der Waals surface area contributed by atoms with Gasteiger partial charge in [0.15, 0.2) is 0 Å². The minimum absolute atomic E-state index is 0. The molecule has 25 heavy (non-hydrogen) atoms. The molecule has 6 nitrogen and oxygen atoms in total. The molecule has 1 fully saturated rings. The number of hydrogen-bond donors (Lipinski definition) is 3. The topological polar surface area (TPSA) is 73.5 Å². The monoisotopic (exact) mass is 372 g/mol. The van der Waals surface area contributed by atoms with Crippen LogP contribution in [-0.4, -0.2) is 49.6 Å². The van der Waals surface area contributed by atoms with Crippen molar-refractivity contribution in [2.24, 2.45) is 5.92 Å². The lowest BCUT2D eigenvalue weighted by Gasteiger charge is -2.32. The summed E-state index contributed by atoms with van der Waals surface area (Å²) in [5.41, 5.74) is 0.153. The Balaban J connectivity index is 0.00000312. The van der Waals surface area contributed by atoms with Crippen molar-refractivity contribution in [1.29, 1.82) is 0 Å². The molecule has 1 aromatic rings. The number of para-hydroxylation sites is 1. The van der Waals surface area contributed by atoms with Crippen molar-refractivity contribution >= 4 is 30.0 Å². The van der Waals surface area contributed by atoms with Crippen molar-refractivity contribution in [3.63, 3.8) is 0 Å². The van der Waals surface area contributed by atoms with Gasteiger partial charge in [-0.2, -0.15) is 0 Å². The number of nitrogens with zero attached hydrogens (tertiary/aromatic N) is 1. The van der Waals surface area contributed by atoms with Crippen molar-refractivity contribution in [3.8, 4) is 0 Å². The van der Waals surface area contributed by atoms with Gasteiger partial charge in [0.2, 0.25) is 5.91 Å². The van der Waals surface area contributed by atoms with E-state index in [-0.39, 0.29) is 36.0 Å². The first-order valence-electron chi connectivity index (χ1n) is 8.40. The summed E-state index contributed by atoms with van der Waals surface area (Å²) in [5.74, 6) is -0.719. The number of urea groups is 1. The fourth-order valence-corrected chi connectivity index (χ4v) is 2.73. The summed E-state index contributed by atoms with van der Waals surface area (Å²) >= 11 is 0. The lowest BCUT2D eigenvalue weighted by molar-refractivity contribution is -0.126. The quantitative estimate of drug-likeness (QED) is 0.670. The summed E-state index contributed by atoms with van der Waals surface area (Å²) < 4.78 is 13.6. The number of piperidine rings is 1. The molecule has 0 saturated carbocycles. The van der Waals surface area contributed by atoms with E-state index in [0.717, 1.165) is 25.9 Å². The van der Waals surface area contributed by atoms with Gasteiger partial charge in [0.25, 0.3) is 0 Å². The van der Waals surface area contributed by atoms with Gasteiger partial charge < -0.3 is 20.9 Å². The van der Waals surface area contributed by atoms with Crippen LogP contribution in [0.25, 0.3) is 0 Å². The van der Waals surface area contributed by atoms with Crippen molar-refractivity contribution in [2.45, 2.75) is 19.8 Å². The second-order valence-corrected chi connectivity index (χ2v) is 5.84. The minimum Gasteiger partial charge on any atom is -0.355 e. The molecule has 1 unspecified atom stereocenters. The maximum atomic E-state index is 13.6. The number of rotatable bonds is 6. The molecule has 0 bridgehead atoms. The van der Waals surface area contributed by atoms with Gasteiger partial charge in [-0.05, 0) is 31.5 Å². The molecule has 1 aromatic carbocycles. The molecule has 8 heteroatoms. The first-order valence-corrected chi connectivity index (χ1v) is 8.40. The average Bonchev–Trinajstić information content (AvgIpc) is 2.60. The Morgan fingerprint density at radius 2 is 2.04 bits per heavy atom. The zero-order valence-corrected chi connectivity index (χ0v) is 15.2. The van der Waals surface area contributed by atoms with Gasteiger partial charge in [-0.15, -0.1) is 12.4 Å². The number of anilines is 1. The van der Waals surface area contributed by atoms with Crippen LogP contribution in [0.15, 0.2) is 24.3 Å². The van der Waals surface area contributed by atoms with Crippen molar-refractivity contribution < 1.29 is 14.0 Å². The maximum Gasteiger partial charge on any atom is 0.321 e. The third-order valence-electron chi connectivity index (χ3n) is 4.05. The fraction of sp³-hybridized carbons (Fsp3) is 0.529. The molecular formula is C17H26ClFN4O2. The smallest absolute Gasteiger partial charge is 0.321 e. The number of likely N-dealkylation sites (tertiary alicyclic amines) is 1. The van der Waals surface area contributed by atoms with Crippen molar-refractivity contribution in [1.82, 2.24) is 15.5 Å². The number of likely N-dealkylation sites (N-methyl/N-ethyl adjacent to an activating group) is 1. The molecule has 0 aliphatic carbocycles. The van der Waals surface area contributed by atoms with Crippen LogP contribution >= 0.6 is 12.4 Å². The lowest BCUT2D eigenvalue weighted by atomic mass is 9.97. The number of carbonyl (C=O) groups is 2. The highest BCUT2D eigenvalue weighted by Gasteiger charge is 2.28. The molecule has 1 saturated heterocycles. The van der Waals surface area contributed by atoms with Gasteiger partial charge in [-0.1, -0.05) is 19.1 Å². The number of carbonyl (C=O) groups excluding carboxylic acids is 2. The zero-order valence-electron chi connectivity index (χ0n) is 14.4. The predicted octanol–water partition coefficient (Wildman–Crippen LogP) is 2.22. The summed E-state index contributed by atoms with van der Waals surface area (Å²) in [6, 6.07) is 5.68. The van der Waals surface area contributed by atoms with Crippen molar-refractivity contribution in [3.05, 3.63) is 30.1 Å². The van der Waals surface area contributed by atoms with Gasteiger partial charge in [-0.3, -0.25) is 4.79 Å². The van der Waals surface area contributed by atoms with E-state index < -0.39 is 5.82 Å². The molecule has 0 aromatic heterocycles. The van der Waals surface area contributed by atoms with Crippen LogP contribution in [0.5, 0.6) is 0 Å². The van der Waals surface area contributed by atoms with Crippen LogP contribution in [0.1, 0.15) is 19.8 Å². The second-order valence-electron chi connectivity index (χ2n) is 5.84. The Morgan fingerprint density at radius 3 is 2.76 bits per heavy atom. The Morgan fingerprint density at radius 1 is 1.28 bits per heavy atom. The molecule has 140 valence electrons. The molecule has 0 radical (unpaired) electrons. The average molecular weight is 373 g/mol. The van der Waals surface area contributed by atoms with Gasteiger partial charge >= 0.3 is 6.03 Å². The van der Waals surface area contributed by atoms with Crippen LogP contribution in [0.2, 0.25) is 0 Å². The highest BCUT2D eigenvalue weighted by molar-refractivity contribution is 5.90. The van der Waals surface area contributed by atoms with E-state index in [0.29, 0.717) is 19.6 Å². The predicted molar refractivity (Wildman–Crippen MR) is 98.5 cm³/mol. The Labute approximate surface area is 153 Å². The first-order chi connectivity index (χ1) is 11.6. The highest BCUT2D eigenvalue weighted by atomic mass is 35.5. The molecule has 1 aliphatic heterocycles. The summed E-state index contributed by atoms with van der Waals surface area (Å²) in [4.78, 5) is 26.1. The number of nitrogens with one attached hydrogen (secondary N) is 3. The highest BCUT2D eigenvalue weighted by Crippen LogP contribution is 2.19.